The van der Waals surface area contributed by atoms with E-state index >= 15 is 0 Å². The second-order valence-electron chi connectivity index (χ2n) is 6.35. The van der Waals surface area contributed by atoms with Crippen LogP contribution >= 0.6 is 0 Å². The zero-order valence-electron chi connectivity index (χ0n) is 15.9. The van der Waals surface area contributed by atoms with Gasteiger partial charge >= 0.3 is 0 Å². The molecule has 3 rings (SSSR count). The summed E-state index contributed by atoms with van der Waals surface area (Å²) in [4.78, 5) is 28.1. The average molecular weight is 375 g/mol. The second-order valence-corrected chi connectivity index (χ2v) is 6.35. The molecule has 142 valence electrons. The van der Waals surface area contributed by atoms with Crippen molar-refractivity contribution in [1.29, 1.82) is 0 Å². The van der Waals surface area contributed by atoms with E-state index in [1.807, 2.05) is 31.2 Å². The third-order valence-electron chi connectivity index (χ3n) is 4.18. The molecule has 0 fully saturated rings. The van der Waals surface area contributed by atoms with Crippen LogP contribution in [-0.4, -0.2) is 23.8 Å². The lowest BCUT2D eigenvalue weighted by Crippen LogP contribution is -2.14. The van der Waals surface area contributed by atoms with Gasteiger partial charge in [0.1, 0.15) is 11.4 Å². The first-order valence-corrected chi connectivity index (χ1v) is 8.76. The monoisotopic (exact) mass is 375 g/mol. The number of hydrogen-bond acceptors (Lipinski definition) is 5. The predicted octanol–water partition coefficient (Wildman–Crippen LogP) is 4.60. The molecule has 0 bridgehead atoms. The summed E-state index contributed by atoms with van der Waals surface area (Å²) in [5, 5.41) is 6.04. The second kappa shape index (κ2) is 8.35. The normalized spacial score (nSPS) is 10.2. The first-order chi connectivity index (χ1) is 13.5. The van der Waals surface area contributed by atoms with E-state index in [0.717, 1.165) is 11.3 Å². The maximum Gasteiger partial charge on any atom is 0.274 e. The van der Waals surface area contributed by atoms with Gasteiger partial charge in [0.25, 0.3) is 5.91 Å². The Morgan fingerprint density at radius 2 is 1.71 bits per heavy atom. The van der Waals surface area contributed by atoms with Crippen molar-refractivity contribution in [1.82, 2.24) is 4.98 Å². The molecule has 0 saturated heterocycles. The van der Waals surface area contributed by atoms with E-state index in [4.69, 9.17) is 4.74 Å². The highest BCUT2D eigenvalue weighted by Gasteiger charge is 2.12. The Kier molecular flexibility index (Phi) is 5.69. The quantitative estimate of drug-likeness (QED) is 0.616. The van der Waals surface area contributed by atoms with Crippen molar-refractivity contribution < 1.29 is 14.3 Å². The molecule has 2 N–H and O–H groups in total. The molecule has 28 heavy (non-hydrogen) atoms. The lowest BCUT2D eigenvalue weighted by Gasteiger charge is -2.12. The number of pyridine rings is 1. The first-order valence-electron chi connectivity index (χ1n) is 8.76. The van der Waals surface area contributed by atoms with Crippen molar-refractivity contribution in [2.24, 2.45) is 0 Å². The summed E-state index contributed by atoms with van der Waals surface area (Å²) in [5.41, 5.74) is 4.04. The van der Waals surface area contributed by atoms with Crippen molar-refractivity contribution in [2.75, 3.05) is 17.7 Å². The van der Waals surface area contributed by atoms with E-state index in [0.29, 0.717) is 22.7 Å². The van der Waals surface area contributed by atoms with Crippen LogP contribution in [0.25, 0.3) is 0 Å². The molecule has 6 heteroatoms. The third-order valence-corrected chi connectivity index (χ3v) is 4.18. The standard InChI is InChI=1S/C22H21N3O3/c1-14-4-9-21(28-3)19(12-14)25-22(27)20-13-18(10-11-23-20)24-17-7-5-16(6-8-17)15(2)26/h4-13H,1-3H3,(H,23,24)(H,25,27). The highest BCUT2D eigenvalue weighted by molar-refractivity contribution is 6.04. The van der Waals surface area contributed by atoms with Gasteiger partial charge in [-0.3, -0.25) is 14.6 Å². The molecule has 0 aliphatic heterocycles. The van der Waals surface area contributed by atoms with E-state index in [1.54, 1.807) is 43.6 Å². The number of nitrogens with zero attached hydrogens (tertiary/aromatic N) is 1. The van der Waals surface area contributed by atoms with Crippen LogP contribution in [0.2, 0.25) is 0 Å². The van der Waals surface area contributed by atoms with Gasteiger partial charge in [-0.25, -0.2) is 0 Å². The molecule has 1 heterocycles. The Labute approximate surface area is 163 Å². The number of ketones is 1. The zero-order valence-corrected chi connectivity index (χ0v) is 15.9. The molecule has 0 saturated carbocycles. The topological polar surface area (TPSA) is 80.3 Å². The molecular weight excluding hydrogens is 354 g/mol. The van der Waals surface area contributed by atoms with E-state index in [2.05, 4.69) is 15.6 Å². The summed E-state index contributed by atoms with van der Waals surface area (Å²) < 4.78 is 5.29. The molecule has 0 radical (unpaired) electrons. The molecule has 2 aromatic carbocycles. The largest absolute Gasteiger partial charge is 0.495 e. The SMILES string of the molecule is COc1ccc(C)cc1NC(=O)c1cc(Nc2ccc(C(C)=O)cc2)ccn1. The van der Waals surface area contributed by atoms with Crippen LogP contribution < -0.4 is 15.4 Å². The number of carbonyl (C=O) groups excluding carboxylic acids is 2. The van der Waals surface area contributed by atoms with Gasteiger partial charge < -0.3 is 15.4 Å². The smallest absolute Gasteiger partial charge is 0.274 e. The van der Waals surface area contributed by atoms with Gasteiger partial charge in [-0.15, -0.1) is 0 Å². The van der Waals surface area contributed by atoms with Gasteiger partial charge in [-0.05, 0) is 67.9 Å². The van der Waals surface area contributed by atoms with E-state index < -0.39 is 0 Å². The van der Waals surface area contributed by atoms with Crippen molar-refractivity contribution in [3.05, 3.63) is 77.6 Å². The van der Waals surface area contributed by atoms with E-state index in [-0.39, 0.29) is 17.4 Å². The summed E-state index contributed by atoms with van der Waals surface area (Å²) in [6.07, 6.45) is 1.56. The number of methoxy groups -OCH3 is 1. The summed E-state index contributed by atoms with van der Waals surface area (Å²) in [6.45, 7) is 3.47. The Bertz CT molecular complexity index is 1010. The van der Waals surface area contributed by atoms with Crippen molar-refractivity contribution in [2.45, 2.75) is 13.8 Å². The number of benzene rings is 2. The molecule has 0 spiro atoms. The number of aromatic nitrogens is 1. The Balaban J connectivity index is 1.76. The summed E-state index contributed by atoms with van der Waals surface area (Å²) in [7, 11) is 1.56. The van der Waals surface area contributed by atoms with Crippen molar-refractivity contribution in [3.63, 3.8) is 0 Å². The van der Waals surface area contributed by atoms with Gasteiger partial charge in [-0.2, -0.15) is 0 Å². The van der Waals surface area contributed by atoms with Crippen LogP contribution in [0.4, 0.5) is 17.1 Å². The number of nitrogens with one attached hydrogen (secondary N) is 2. The van der Waals surface area contributed by atoms with Crippen LogP contribution in [0.1, 0.15) is 33.3 Å². The van der Waals surface area contributed by atoms with Crippen LogP contribution in [0.3, 0.4) is 0 Å². The van der Waals surface area contributed by atoms with Crippen molar-refractivity contribution >= 4 is 28.8 Å². The number of Topliss-reactive ketones (excluding diaryl/α,β-unsaturated/α-hetero) is 1. The number of ether oxygens (including phenoxy) is 1. The minimum Gasteiger partial charge on any atom is -0.495 e. The number of rotatable bonds is 6. The number of anilines is 3. The van der Waals surface area contributed by atoms with Crippen LogP contribution in [-0.2, 0) is 0 Å². The van der Waals surface area contributed by atoms with E-state index in [9.17, 15) is 9.59 Å². The van der Waals surface area contributed by atoms with Gasteiger partial charge in [0.2, 0.25) is 0 Å². The molecule has 0 unspecified atom stereocenters. The number of aryl methyl sites for hydroxylation is 1. The molecule has 0 atom stereocenters. The molecule has 0 aliphatic carbocycles. The maximum absolute atomic E-state index is 12.6. The molecule has 3 aromatic rings. The first kappa shape index (κ1) is 19.1. The minimum atomic E-state index is -0.334. The average Bonchev–Trinajstić information content (AvgIpc) is 2.69. The van der Waals surface area contributed by atoms with Crippen LogP contribution in [0, 0.1) is 6.92 Å². The molecule has 1 aromatic heterocycles. The Hall–Kier alpha value is -3.67. The van der Waals surface area contributed by atoms with Crippen LogP contribution in [0.5, 0.6) is 5.75 Å². The molecule has 1 amide bonds. The van der Waals surface area contributed by atoms with Crippen LogP contribution in [0.15, 0.2) is 60.8 Å². The van der Waals surface area contributed by atoms with Gasteiger partial charge in [0.15, 0.2) is 5.78 Å². The fourth-order valence-electron chi connectivity index (χ4n) is 2.69. The highest BCUT2D eigenvalue weighted by atomic mass is 16.5. The third kappa shape index (κ3) is 4.54. The zero-order chi connectivity index (χ0) is 20.1. The summed E-state index contributed by atoms with van der Waals surface area (Å²) >= 11 is 0. The Morgan fingerprint density at radius 1 is 0.964 bits per heavy atom. The van der Waals surface area contributed by atoms with Crippen molar-refractivity contribution in [3.8, 4) is 5.75 Å². The number of amides is 1. The highest BCUT2D eigenvalue weighted by Crippen LogP contribution is 2.26. The number of hydrogen-bond donors (Lipinski definition) is 2. The lowest BCUT2D eigenvalue weighted by atomic mass is 10.1. The van der Waals surface area contributed by atoms with Gasteiger partial charge in [-0.1, -0.05) is 6.07 Å². The van der Waals surface area contributed by atoms with Gasteiger partial charge in [0, 0.05) is 23.1 Å². The molecular formula is C22H21N3O3. The predicted molar refractivity (Wildman–Crippen MR) is 110 cm³/mol. The van der Waals surface area contributed by atoms with Gasteiger partial charge in [0.05, 0.1) is 12.8 Å². The fourth-order valence-corrected chi connectivity index (χ4v) is 2.69. The molecule has 0 aliphatic rings. The Morgan fingerprint density at radius 3 is 2.39 bits per heavy atom. The summed E-state index contributed by atoms with van der Waals surface area (Å²) in [6, 6.07) is 16.1. The maximum atomic E-state index is 12.6. The molecule has 6 nitrogen and oxygen atoms in total. The number of carbonyl (C=O) groups is 2. The fraction of sp³-hybridized carbons (Fsp3) is 0.136. The summed E-state index contributed by atoms with van der Waals surface area (Å²) in [5.74, 6) is 0.263. The van der Waals surface area contributed by atoms with E-state index in [1.165, 1.54) is 6.92 Å². The lowest BCUT2D eigenvalue weighted by molar-refractivity contribution is 0.101. The minimum absolute atomic E-state index is 0.0148.